The molecule has 18 heavy (non-hydrogen) atoms. The fourth-order valence-electron chi connectivity index (χ4n) is 1.70. The predicted octanol–water partition coefficient (Wildman–Crippen LogP) is 0.948. The van der Waals surface area contributed by atoms with Crippen molar-refractivity contribution < 1.29 is 4.79 Å². The largest absolute Gasteiger partial charge is 0.366 e. The van der Waals surface area contributed by atoms with Crippen molar-refractivity contribution in [2.75, 3.05) is 0 Å². The van der Waals surface area contributed by atoms with Crippen molar-refractivity contribution in [1.29, 1.82) is 0 Å². The number of nitrogens with zero attached hydrogens (tertiary/aromatic N) is 2. The molecule has 0 aliphatic carbocycles. The van der Waals surface area contributed by atoms with Crippen molar-refractivity contribution in [2.24, 2.45) is 5.73 Å². The van der Waals surface area contributed by atoms with Crippen molar-refractivity contribution in [3.63, 3.8) is 0 Å². The van der Waals surface area contributed by atoms with Gasteiger partial charge in [0, 0.05) is 11.6 Å². The van der Waals surface area contributed by atoms with Gasteiger partial charge in [0.15, 0.2) is 0 Å². The normalized spacial score (nSPS) is 10.3. The molecule has 1 heterocycles. The van der Waals surface area contributed by atoms with Crippen LogP contribution in [0.25, 0.3) is 5.69 Å². The second-order valence-electron chi connectivity index (χ2n) is 4.09. The van der Waals surface area contributed by atoms with Crippen LogP contribution in [-0.2, 0) is 0 Å². The van der Waals surface area contributed by atoms with E-state index in [9.17, 15) is 9.59 Å². The molecule has 0 saturated heterocycles. The Bertz CT molecular complexity index is 674. The third-order valence-corrected chi connectivity index (χ3v) is 2.66. The van der Waals surface area contributed by atoms with E-state index in [1.807, 2.05) is 0 Å². The first-order valence-corrected chi connectivity index (χ1v) is 5.47. The molecule has 2 rings (SSSR count). The molecule has 5 heteroatoms. The quantitative estimate of drug-likeness (QED) is 0.852. The molecule has 0 saturated carbocycles. The maximum Gasteiger partial charge on any atom is 0.271 e. The molecule has 0 atom stereocenters. The molecule has 2 aromatic rings. The molecular weight excluding hydrogens is 230 g/mol. The summed E-state index contributed by atoms with van der Waals surface area (Å²) in [6.07, 6.45) is 0. The lowest BCUT2D eigenvalue weighted by atomic mass is 10.1. The van der Waals surface area contributed by atoms with Crippen molar-refractivity contribution in [3.05, 3.63) is 57.5 Å². The number of amides is 1. The molecule has 1 aromatic carbocycles. The van der Waals surface area contributed by atoms with Crippen LogP contribution in [0.15, 0.2) is 35.1 Å². The Morgan fingerprint density at radius 3 is 2.61 bits per heavy atom. The predicted molar refractivity (Wildman–Crippen MR) is 67.8 cm³/mol. The second-order valence-corrected chi connectivity index (χ2v) is 4.09. The van der Waals surface area contributed by atoms with Crippen LogP contribution in [0.5, 0.6) is 0 Å². The van der Waals surface area contributed by atoms with Gasteiger partial charge in [-0.3, -0.25) is 9.59 Å². The number of aryl methyl sites for hydroxylation is 2. The van der Waals surface area contributed by atoms with E-state index in [1.54, 1.807) is 38.1 Å². The summed E-state index contributed by atoms with van der Waals surface area (Å²) in [4.78, 5) is 23.0. The minimum atomic E-state index is -0.518. The fourth-order valence-corrected chi connectivity index (χ4v) is 1.70. The van der Waals surface area contributed by atoms with Crippen LogP contribution >= 0.6 is 0 Å². The number of carbonyl (C=O) groups excluding carboxylic acids is 1. The Balaban J connectivity index is 2.65. The number of hydrogen-bond donors (Lipinski definition) is 1. The van der Waals surface area contributed by atoms with E-state index in [0.29, 0.717) is 11.3 Å². The summed E-state index contributed by atoms with van der Waals surface area (Å²) in [5, 5.41) is 4.13. The zero-order valence-electron chi connectivity index (χ0n) is 10.2. The van der Waals surface area contributed by atoms with Crippen LogP contribution in [0.3, 0.4) is 0 Å². The SMILES string of the molecule is Cc1ccc(=O)n(-c2ccc(C)c(C(N)=O)c2)n1. The van der Waals surface area contributed by atoms with Gasteiger partial charge in [-0.2, -0.15) is 9.78 Å². The fraction of sp³-hybridized carbons (Fsp3) is 0.154. The highest BCUT2D eigenvalue weighted by Gasteiger charge is 2.08. The van der Waals surface area contributed by atoms with Gasteiger partial charge in [0.2, 0.25) is 5.91 Å². The van der Waals surface area contributed by atoms with Gasteiger partial charge in [-0.25, -0.2) is 0 Å². The number of carbonyl (C=O) groups is 1. The molecule has 1 aromatic heterocycles. The third-order valence-electron chi connectivity index (χ3n) is 2.66. The molecule has 0 spiro atoms. The van der Waals surface area contributed by atoms with Crippen LogP contribution in [0.1, 0.15) is 21.6 Å². The molecule has 0 fully saturated rings. The molecule has 0 aliphatic heterocycles. The van der Waals surface area contributed by atoms with Gasteiger partial charge in [-0.05, 0) is 37.6 Å². The molecular formula is C13H13N3O2. The van der Waals surface area contributed by atoms with Crippen LogP contribution in [0, 0.1) is 13.8 Å². The highest BCUT2D eigenvalue weighted by Crippen LogP contribution is 2.12. The Labute approximate surface area is 104 Å². The number of primary amides is 1. The van der Waals surface area contributed by atoms with Crippen LogP contribution in [0.4, 0.5) is 0 Å². The monoisotopic (exact) mass is 243 g/mol. The lowest BCUT2D eigenvalue weighted by molar-refractivity contribution is 0.0999. The highest BCUT2D eigenvalue weighted by molar-refractivity contribution is 5.94. The standard InChI is InChI=1S/C13H13N3O2/c1-8-3-5-10(7-11(8)13(14)18)16-12(17)6-4-9(2)15-16/h3-7H,1-2H3,(H2,14,18). The molecule has 5 nitrogen and oxygen atoms in total. The van der Waals surface area contributed by atoms with Crippen molar-refractivity contribution >= 4 is 5.91 Å². The van der Waals surface area contributed by atoms with E-state index in [-0.39, 0.29) is 5.56 Å². The minimum Gasteiger partial charge on any atom is -0.366 e. The maximum absolute atomic E-state index is 11.7. The van der Waals surface area contributed by atoms with Gasteiger partial charge in [0.05, 0.1) is 11.4 Å². The molecule has 0 unspecified atom stereocenters. The molecule has 0 aliphatic rings. The van der Waals surface area contributed by atoms with E-state index in [2.05, 4.69) is 5.10 Å². The summed E-state index contributed by atoms with van der Waals surface area (Å²) in [5.41, 5.74) is 7.44. The zero-order chi connectivity index (χ0) is 13.3. The Morgan fingerprint density at radius 2 is 1.94 bits per heavy atom. The summed E-state index contributed by atoms with van der Waals surface area (Å²) >= 11 is 0. The van der Waals surface area contributed by atoms with Crippen molar-refractivity contribution in [2.45, 2.75) is 13.8 Å². The third kappa shape index (κ3) is 2.15. The summed E-state index contributed by atoms with van der Waals surface area (Å²) in [6, 6.07) is 8.13. The van der Waals surface area contributed by atoms with E-state index in [1.165, 1.54) is 10.7 Å². The summed E-state index contributed by atoms with van der Waals surface area (Å²) < 4.78 is 1.25. The molecule has 0 bridgehead atoms. The topological polar surface area (TPSA) is 78.0 Å². The Morgan fingerprint density at radius 1 is 1.22 bits per heavy atom. The smallest absolute Gasteiger partial charge is 0.271 e. The summed E-state index contributed by atoms with van der Waals surface area (Å²) in [5.74, 6) is -0.518. The lowest BCUT2D eigenvalue weighted by Crippen LogP contribution is -2.21. The number of benzene rings is 1. The van der Waals surface area contributed by atoms with Crippen molar-refractivity contribution in [3.8, 4) is 5.69 Å². The first-order chi connectivity index (χ1) is 8.49. The first-order valence-electron chi connectivity index (χ1n) is 5.47. The highest BCUT2D eigenvalue weighted by atomic mass is 16.1. The van der Waals surface area contributed by atoms with Gasteiger partial charge in [0.25, 0.3) is 5.56 Å². The molecule has 0 radical (unpaired) electrons. The van der Waals surface area contributed by atoms with E-state index < -0.39 is 5.91 Å². The van der Waals surface area contributed by atoms with Gasteiger partial charge < -0.3 is 5.73 Å². The Kier molecular flexibility index (Phi) is 2.97. The van der Waals surface area contributed by atoms with E-state index >= 15 is 0 Å². The van der Waals surface area contributed by atoms with Crippen LogP contribution < -0.4 is 11.3 Å². The average molecular weight is 243 g/mol. The van der Waals surface area contributed by atoms with Gasteiger partial charge >= 0.3 is 0 Å². The maximum atomic E-state index is 11.7. The van der Waals surface area contributed by atoms with Crippen LogP contribution in [0.2, 0.25) is 0 Å². The van der Waals surface area contributed by atoms with Gasteiger partial charge in [-0.15, -0.1) is 0 Å². The molecule has 92 valence electrons. The van der Waals surface area contributed by atoms with Gasteiger partial charge in [-0.1, -0.05) is 6.07 Å². The number of nitrogens with two attached hydrogens (primary N) is 1. The zero-order valence-corrected chi connectivity index (χ0v) is 10.2. The van der Waals surface area contributed by atoms with Crippen LogP contribution in [-0.4, -0.2) is 15.7 Å². The van der Waals surface area contributed by atoms with Crippen molar-refractivity contribution in [1.82, 2.24) is 9.78 Å². The van der Waals surface area contributed by atoms with E-state index in [0.717, 1.165) is 11.3 Å². The summed E-state index contributed by atoms with van der Waals surface area (Å²) in [7, 11) is 0. The molecule has 1 amide bonds. The first kappa shape index (κ1) is 12.0. The lowest BCUT2D eigenvalue weighted by Gasteiger charge is -2.08. The van der Waals surface area contributed by atoms with Gasteiger partial charge in [0.1, 0.15) is 0 Å². The minimum absolute atomic E-state index is 0.250. The number of hydrogen-bond acceptors (Lipinski definition) is 3. The summed E-state index contributed by atoms with van der Waals surface area (Å²) in [6.45, 7) is 3.58. The molecule has 2 N–H and O–H groups in total. The average Bonchev–Trinajstić information content (AvgIpc) is 2.33. The Hall–Kier alpha value is -2.43. The van der Waals surface area contributed by atoms with E-state index in [4.69, 9.17) is 5.73 Å². The second kappa shape index (κ2) is 4.44. The number of aromatic nitrogens is 2. The number of rotatable bonds is 2.